The minimum absolute atomic E-state index is 0.0221. The maximum atomic E-state index is 10.6. The van der Waals surface area contributed by atoms with Gasteiger partial charge in [-0.05, 0) is 18.9 Å². The Balaban J connectivity index is 2.31. The molecule has 0 aromatic carbocycles. The molecule has 0 bridgehead atoms. The molecule has 1 aliphatic rings. The maximum absolute atomic E-state index is 10.6. The molecule has 74 valence electrons. The van der Waals surface area contributed by atoms with E-state index in [0.717, 1.165) is 12.8 Å². The number of hydrogen-bond acceptors (Lipinski definition) is 5. The van der Waals surface area contributed by atoms with Crippen LogP contribution in [-0.2, 0) is 0 Å². The monoisotopic (exact) mass is 194 g/mol. The summed E-state index contributed by atoms with van der Waals surface area (Å²) in [7, 11) is 0. The highest BCUT2D eigenvalue weighted by atomic mass is 16.6. The van der Waals surface area contributed by atoms with E-state index in [4.69, 9.17) is 5.73 Å². The van der Waals surface area contributed by atoms with Gasteiger partial charge in [-0.25, -0.2) is 4.98 Å². The molecule has 6 heteroatoms. The fraction of sp³-hybridized carbons (Fsp3) is 0.375. The number of aromatic nitrogens is 1. The van der Waals surface area contributed by atoms with Gasteiger partial charge in [0.2, 0.25) is 5.82 Å². The molecule has 0 saturated heterocycles. The van der Waals surface area contributed by atoms with Gasteiger partial charge in [-0.2, -0.15) is 0 Å². The van der Waals surface area contributed by atoms with E-state index in [1.807, 2.05) is 0 Å². The summed E-state index contributed by atoms with van der Waals surface area (Å²) in [5.74, 6) is 0.566. The second-order valence-corrected chi connectivity index (χ2v) is 3.28. The van der Waals surface area contributed by atoms with Crippen LogP contribution in [0.3, 0.4) is 0 Å². The maximum Gasteiger partial charge on any atom is 0.311 e. The molecule has 0 spiro atoms. The zero-order valence-corrected chi connectivity index (χ0v) is 7.43. The van der Waals surface area contributed by atoms with Crippen LogP contribution in [0, 0.1) is 10.1 Å². The number of nitro groups is 1. The summed E-state index contributed by atoms with van der Waals surface area (Å²) in [6, 6.07) is 3.12. The molecule has 2 rings (SSSR count). The van der Waals surface area contributed by atoms with E-state index < -0.39 is 4.92 Å². The van der Waals surface area contributed by atoms with Crippen LogP contribution in [0.15, 0.2) is 12.1 Å². The Hall–Kier alpha value is -1.85. The van der Waals surface area contributed by atoms with E-state index in [1.54, 1.807) is 0 Å². The number of hydrogen-bond donors (Lipinski definition) is 2. The van der Waals surface area contributed by atoms with Gasteiger partial charge >= 0.3 is 5.69 Å². The third-order valence-corrected chi connectivity index (χ3v) is 2.01. The van der Waals surface area contributed by atoms with E-state index in [1.165, 1.54) is 12.1 Å². The molecular weight excluding hydrogens is 184 g/mol. The topological polar surface area (TPSA) is 94.1 Å². The summed E-state index contributed by atoms with van der Waals surface area (Å²) in [6.07, 6.45) is 2.07. The molecule has 0 amide bonds. The third-order valence-electron chi connectivity index (χ3n) is 2.01. The van der Waals surface area contributed by atoms with Crippen molar-refractivity contribution in [3.05, 3.63) is 22.2 Å². The first kappa shape index (κ1) is 8.74. The van der Waals surface area contributed by atoms with Crippen LogP contribution in [0.25, 0.3) is 0 Å². The fourth-order valence-corrected chi connectivity index (χ4v) is 1.14. The number of rotatable bonds is 3. The van der Waals surface area contributed by atoms with E-state index in [2.05, 4.69) is 10.3 Å². The standard InChI is InChI=1S/C8H10N4O2/c9-7-4-3-6(12(13)14)8(11-7)10-5-1-2-5/h3-5H,1-2H2,(H3,9,10,11). The Bertz CT molecular complexity index is 376. The molecule has 0 atom stereocenters. The van der Waals surface area contributed by atoms with Crippen LogP contribution in [0.2, 0.25) is 0 Å². The molecule has 1 aliphatic carbocycles. The molecule has 1 aromatic heterocycles. The Labute approximate surface area is 80.3 Å². The van der Waals surface area contributed by atoms with Gasteiger partial charge in [-0.3, -0.25) is 10.1 Å². The SMILES string of the molecule is Nc1ccc([N+](=O)[O-])c(NC2CC2)n1. The molecular formula is C8H10N4O2. The first-order chi connectivity index (χ1) is 6.66. The van der Waals surface area contributed by atoms with Crippen LogP contribution in [0.5, 0.6) is 0 Å². The number of nitrogens with two attached hydrogens (primary N) is 1. The molecule has 0 unspecified atom stereocenters. The second-order valence-electron chi connectivity index (χ2n) is 3.28. The van der Waals surface area contributed by atoms with Gasteiger partial charge in [0.05, 0.1) is 4.92 Å². The molecule has 1 saturated carbocycles. The summed E-state index contributed by atoms with van der Waals surface area (Å²) in [5.41, 5.74) is 5.43. The van der Waals surface area contributed by atoms with Gasteiger partial charge in [0.1, 0.15) is 5.82 Å². The third kappa shape index (κ3) is 1.73. The normalized spacial score (nSPS) is 15.1. The first-order valence-corrected chi connectivity index (χ1v) is 4.34. The van der Waals surface area contributed by atoms with E-state index in [-0.39, 0.29) is 11.5 Å². The molecule has 0 radical (unpaired) electrons. The lowest BCUT2D eigenvalue weighted by Crippen LogP contribution is -2.07. The van der Waals surface area contributed by atoms with Gasteiger partial charge in [0, 0.05) is 12.1 Å². The highest BCUT2D eigenvalue weighted by Crippen LogP contribution is 2.29. The summed E-state index contributed by atoms with van der Waals surface area (Å²) in [5, 5.41) is 13.6. The summed E-state index contributed by atoms with van der Waals surface area (Å²) < 4.78 is 0. The van der Waals surface area contributed by atoms with Crippen molar-refractivity contribution >= 4 is 17.3 Å². The molecule has 0 aliphatic heterocycles. The van der Waals surface area contributed by atoms with Gasteiger partial charge < -0.3 is 11.1 Å². The van der Waals surface area contributed by atoms with Gasteiger partial charge in [0.15, 0.2) is 0 Å². The molecule has 1 aromatic rings. The first-order valence-electron chi connectivity index (χ1n) is 4.34. The number of anilines is 2. The minimum atomic E-state index is -0.461. The van der Waals surface area contributed by atoms with Gasteiger partial charge in [0.25, 0.3) is 0 Å². The second kappa shape index (κ2) is 3.13. The Morgan fingerprint density at radius 2 is 2.29 bits per heavy atom. The average molecular weight is 194 g/mol. The molecule has 3 N–H and O–H groups in total. The summed E-state index contributed by atoms with van der Waals surface area (Å²) >= 11 is 0. The van der Waals surface area contributed by atoms with Crippen LogP contribution in [0.1, 0.15) is 12.8 Å². The van der Waals surface area contributed by atoms with Crippen molar-refractivity contribution in [1.82, 2.24) is 4.98 Å². The largest absolute Gasteiger partial charge is 0.384 e. The van der Waals surface area contributed by atoms with Crippen molar-refractivity contribution in [3.63, 3.8) is 0 Å². The van der Waals surface area contributed by atoms with Crippen molar-refractivity contribution in [2.45, 2.75) is 18.9 Å². The minimum Gasteiger partial charge on any atom is -0.384 e. The van der Waals surface area contributed by atoms with Crippen molar-refractivity contribution in [2.24, 2.45) is 0 Å². The van der Waals surface area contributed by atoms with Crippen LogP contribution >= 0.6 is 0 Å². The van der Waals surface area contributed by atoms with Crippen molar-refractivity contribution in [1.29, 1.82) is 0 Å². The lowest BCUT2D eigenvalue weighted by molar-refractivity contribution is -0.384. The molecule has 6 nitrogen and oxygen atoms in total. The number of nitrogens with zero attached hydrogens (tertiary/aromatic N) is 2. The Morgan fingerprint density at radius 1 is 1.57 bits per heavy atom. The number of nitrogen functional groups attached to an aromatic ring is 1. The van der Waals surface area contributed by atoms with Crippen LogP contribution in [-0.4, -0.2) is 15.9 Å². The molecule has 1 heterocycles. The lowest BCUT2D eigenvalue weighted by atomic mass is 10.3. The highest BCUT2D eigenvalue weighted by molar-refractivity contribution is 5.60. The highest BCUT2D eigenvalue weighted by Gasteiger charge is 2.25. The number of nitrogens with one attached hydrogen (secondary N) is 1. The van der Waals surface area contributed by atoms with E-state index in [9.17, 15) is 10.1 Å². The lowest BCUT2D eigenvalue weighted by Gasteiger charge is -2.04. The molecule has 14 heavy (non-hydrogen) atoms. The summed E-state index contributed by atoms with van der Waals surface area (Å²) in [4.78, 5) is 14.1. The van der Waals surface area contributed by atoms with E-state index >= 15 is 0 Å². The van der Waals surface area contributed by atoms with Gasteiger partial charge in [-0.1, -0.05) is 0 Å². The van der Waals surface area contributed by atoms with E-state index in [0.29, 0.717) is 11.9 Å². The Kier molecular flexibility index (Phi) is 1.95. The smallest absolute Gasteiger partial charge is 0.311 e. The van der Waals surface area contributed by atoms with Crippen LogP contribution in [0.4, 0.5) is 17.3 Å². The average Bonchev–Trinajstić information content (AvgIpc) is 2.87. The zero-order valence-electron chi connectivity index (χ0n) is 7.43. The van der Waals surface area contributed by atoms with Gasteiger partial charge in [-0.15, -0.1) is 0 Å². The summed E-state index contributed by atoms with van der Waals surface area (Å²) in [6.45, 7) is 0. The quantitative estimate of drug-likeness (QED) is 0.556. The van der Waals surface area contributed by atoms with Crippen molar-refractivity contribution in [3.8, 4) is 0 Å². The van der Waals surface area contributed by atoms with Crippen LogP contribution < -0.4 is 11.1 Å². The van der Waals surface area contributed by atoms with Crippen molar-refractivity contribution < 1.29 is 4.92 Å². The number of pyridine rings is 1. The predicted octanol–water partition coefficient (Wildman–Crippen LogP) is 1.15. The fourth-order valence-electron chi connectivity index (χ4n) is 1.14. The Morgan fingerprint density at radius 3 is 2.86 bits per heavy atom. The predicted molar refractivity (Wildman–Crippen MR) is 51.9 cm³/mol. The molecule has 1 fully saturated rings. The zero-order chi connectivity index (χ0) is 10.1. The van der Waals surface area contributed by atoms with Crippen molar-refractivity contribution in [2.75, 3.05) is 11.1 Å².